The lowest BCUT2D eigenvalue weighted by Crippen LogP contribution is -2.38. The number of guanidine groups is 1. The van der Waals surface area contributed by atoms with E-state index in [1.165, 1.54) is 12.8 Å². The summed E-state index contributed by atoms with van der Waals surface area (Å²) in [6.45, 7) is 6.11. The molecule has 1 aliphatic rings. The van der Waals surface area contributed by atoms with Crippen LogP contribution in [0.4, 0.5) is 0 Å². The lowest BCUT2D eigenvalue weighted by molar-refractivity contribution is 0.123. The summed E-state index contributed by atoms with van der Waals surface area (Å²) in [6, 6.07) is 6.17. The van der Waals surface area contributed by atoms with Gasteiger partial charge in [0.25, 0.3) is 0 Å². The quantitative estimate of drug-likeness (QED) is 0.298. The first-order valence-corrected chi connectivity index (χ1v) is 10.6. The number of aliphatic imine (C=N–C) groups is 1. The largest absolute Gasteiger partial charge is 0.493 e. The number of benzene rings is 1. The zero-order valence-corrected chi connectivity index (χ0v) is 18.7. The molecule has 2 rings (SSSR count). The molecule has 0 bridgehead atoms. The van der Waals surface area contributed by atoms with Gasteiger partial charge >= 0.3 is 0 Å². The van der Waals surface area contributed by atoms with Gasteiger partial charge in [-0.2, -0.15) is 0 Å². The van der Waals surface area contributed by atoms with Gasteiger partial charge in [-0.05, 0) is 63.9 Å². The Morgan fingerprint density at radius 2 is 1.93 bits per heavy atom. The molecule has 0 spiro atoms. The first-order chi connectivity index (χ1) is 14.1. The van der Waals surface area contributed by atoms with E-state index in [0.717, 1.165) is 61.7 Å². The van der Waals surface area contributed by atoms with E-state index in [1.54, 1.807) is 14.2 Å². The molecule has 29 heavy (non-hydrogen) atoms. The van der Waals surface area contributed by atoms with Crippen LogP contribution in [-0.2, 0) is 4.74 Å². The van der Waals surface area contributed by atoms with Crippen LogP contribution in [0.2, 0.25) is 0 Å². The van der Waals surface area contributed by atoms with E-state index in [9.17, 15) is 0 Å². The Hall–Kier alpha value is -1.99. The minimum Gasteiger partial charge on any atom is -0.493 e. The molecule has 164 valence electrons. The lowest BCUT2D eigenvalue weighted by atomic mass is 10.1. The van der Waals surface area contributed by atoms with Crippen molar-refractivity contribution >= 4 is 5.96 Å². The lowest BCUT2D eigenvalue weighted by Gasteiger charge is -2.24. The molecule has 1 atom stereocenters. The van der Waals surface area contributed by atoms with Crippen molar-refractivity contribution in [1.29, 1.82) is 0 Å². The topological polar surface area (TPSA) is 67.4 Å². The van der Waals surface area contributed by atoms with E-state index in [1.807, 2.05) is 12.1 Å². The summed E-state index contributed by atoms with van der Waals surface area (Å²) in [5, 5.41) is 6.73. The van der Waals surface area contributed by atoms with Crippen molar-refractivity contribution in [2.75, 3.05) is 61.2 Å². The fraction of sp³-hybridized carbons (Fsp3) is 0.682. The van der Waals surface area contributed by atoms with Gasteiger partial charge in [0.05, 0.1) is 26.8 Å². The average molecular weight is 407 g/mol. The summed E-state index contributed by atoms with van der Waals surface area (Å²) in [5.74, 6) is 3.12. The van der Waals surface area contributed by atoms with Gasteiger partial charge in [0.15, 0.2) is 17.5 Å². The first kappa shape index (κ1) is 23.3. The van der Waals surface area contributed by atoms with E-state index in [0.29, 0.717) is 6.54 Å². The Kier molecular flexibility index (Phi) is 10.1. The van der Waals surface area contributed by atoms with Crippen LogP contribution in [0.25, 0.3) is 0 Å². The number of hydrogen-bond acceptors (Lipinski definition) is 5. The summed E-state index contributed by atoms with van der Waals surface area (Å²) in [4.78, 5) is 6.97. The number of likely N-dealkylation sites (N-methyl/N-ethyl adjacent to an activating group) is 1. The maximum absolute atomic E-state index is 5.70. The molecule has 1 aromatic rings. The molecular formula is C22H38N4O3. The summed E-state index contributed by atoms with van der Waals surface area (Å²) in [6.07, 6.45) is 3.65. The summed E-state index contributed by atoms with van der Waals surface area (Å²) >= 11 is 0. The second-order valence-electron chi connectivity index (χ2n) is 7.61. The third kappa shape index (κ3) is 8.11. The molecule has 1 saturated carbocycles. The number of nitrogens with zero attached hydrogens (tertiary/aromatic N) is 2. The SMILES string of the molecule is CCNC(=NCC(c1ccc(OC)c(OC)c1)N(C)C)NCCCOCC1CC1. The van der Waals surface area contributed by atoms with Gasteiger partial charge in [-0.3, -0.25) is 4.99 Å². The third-order valence-electron chi connectivity index (χ3n) is 4.99. The van der Waals surface area contributed by atoms with Gasteiger partial charge in [0.1, 0.15) is 0 Å². The maximum atomic E-state index is 5.70. The van der Waals surface area contributed by atoms with E-state index in [4.69, 9.17) is 19.2 Å². The molecule has 0 aliphatic heterocycles. The van der Waals surface area contributed by atoms with Crippen LogP contribution in [0.3, 0.4) is 0 Å². The predicted molar refractivity (Wildman–Crippen MR) is 118 cm³/mol. The fourth-order valence-electron chi connectivity index (χ4n) is 3.06. The second kappa shape index (κ2) is 12.5. The van der Waals surface area contributed by atoms with Gasteiger partial charge in [-0.25, -0.2) is 0 Å². The first-order valence-electron chi connectivity index (χ1n) is 10.6. The highest BCUT2D eigenvalue weighted by atomic mass is 16.5. The molecule has 1 unspecified atom stereocenters. The Morgan fingerprint density at radius 3 is 2.55 bits per heavy atom. The molecule has 0 heterocycles. The number of hydrogen-bond donors (Lipinski definition) is 2. The summed E-state index contributed by atoms with van der Waals surface area (Å²) in [5.41, 5.74) is 1.14. The number of methoxy groups -OCH3 is 2. The third-order valence-corrected chi connectivity index (χ3v) is 4.99. The van der Waals surface area contributed by atoms with E-state index in [2.05, 4.69) is 42.6 Å². The van der Waals surface area contributed by atoms with Crippen LogP contribution in [0.5, 0.6) is 11.5 Å². The van der Waals surface area contributed by atoms with Gasteiger partial charge in [0.2, 0.25) is 0 Å². The van der Waals surface area contributed by atoms with Crippen LogP contribution in [0.1, 0.15) is 37.8 Å². The molecule has 1 aliphatic carbocycles. The normalized spacial score (nSPS) is 15.3. The Bertz CT molecular complexity index is 632. The maximum Gasteiger partial charge on any atom is 0.191 e. The highest BCUT2D eigenvalue weighted by Gasteiger charge is 2.21. The van der Waals surface area contributed by atoms with Gasteiger partial charge in [-0.15, -0.1) is 0 Å². The predicted octanol–water partition coefficient (Wildman–Crippen LogP) is 2.68. The van der Waals surface area contributed by atoms with Crippen LogP contribution in [-0.4, -0.2) is 72.0 Å². The molecule has 1 aromatic carbocycles. The van der Waals surface area contributed by atoms with E-state index >= 15 is 0 Å². The molecule has 0 aromatic heterocycles. The van der Waals surface area contributed by atoms with Crippen LogP contribution in [0, 0.1) is 5.92 Å². The number of nitrogens with one attached hydrogen (secondary N) is 2. The summed E-state index contributed by atoms with van der Waals surface area (Å²) < 4.78 is 16.5. The average Bonchev–Trinajstić information content (AvgIpc) is 3.54. The molecule has 2 N–H and O–H groups in total. The van der Waals surface area contributed by atoms with Gasteiger partial charge < -0.3 is 29.7 Å². The fourth-order valence-corrected chi connectivity index (χ4v) is 3.06. The van der Waals surface area contributed by atoms with Crippen molar-refractivity contribution in [3.63, 3.8) is 0 Å². The molecule has 7 nitrogen and oxygen atoms in total. The van der Waals surface area contributed by atoms with E-state index < -0.39 is 0 Å². The monoisotopic (exact) mass is 406 g/mol. The minimum absolute atomic E-state index is 0.132. The second-order valence-corrected chi connectivity index (χ2v) is 7.61. The van der Waals surface area contributed by atoms with Crippen LogP contribution in [0.15, 0.2) is 23.2 Å². The van der Waals surface area contributed by atoms with Crippen LogP contribution >= 0.6 is 0 Å². The van der Waals surface area contributed by atoms with E-state index in [-0.39, 0.29) is 6.04 Å². The Balaban J connectivity index is 1.92. The molecule has 7 heteroatoms. The van der Waals surface area contributed by atoms with Crippen molar-refractivity contribution in [3.8, 4) is 11.5 Å². The zero-order valence-electron chi connectivity index (χ0n) is 18.7. The zero-order chi connectivity index (χ0) is 21.1. The van der Waals surface area contributed by atoms with Crippen molar-refractivity contribution in [3.05, 3.63) is 23.8 Å². The van der Waals surface area contributed by atoms with Gasteiger partial charge in [-0.1, -0.05) is 6.07 Å². The highest BCUT2D eigenvalue weighted by Crippen LogP contribution is 2.31. The smallest absolute Gasteiger partial charge is 0.191 e. The molecule has 0 saturated heterocycles. The molecular weight excluding hydrogens is 368 g/mol. The van der Waals surface area contributed by atoms with Crippen LogP contribution < -0.4 is 20.1 Å². The summed E-state index contributed by atoms with van der Waals surface area (Å²) in [7, 11) is 7.44. The van der Waals surface area contributed by atoms with Crippen molar-refractivity contribution in [1.82, 2.24) is 15.5 Å². The number of ether oxygens (including phenoxy) is 3. The van der Waals surface area contributed by atoms with Crippen molar-refractivity contribution in [2.24, 2.45) is 10.9 Å². The van der Waals surface area contributed by atoms with Gasteiger partial charge in [0, 0.05) is 26.3 Å². The molecule has 0 amide bonds. The van der Waals surface area contributed by atoms with Crippen molar-refractivity contribution < 1.29 is 14.2 Å². The van der Waals surface area contributed by atoms with Crippen molar-refractivity contribution in [2.45, 2.75) is 32.2 Å². The molecule has 1 fully saturated rings. The minimum atomic E-state index is 0.132. The molecule has 0 radical (unpaired) electrons. The Labute approximate surface area is 175 Å². The standard InChI is InChI=1S/C22H38N4O3/c1-6-23-22(24-12-7-13-29-16-17-8-9-17)25-15-19(26(2)3)18-10-11-20(27-4)21(14-18)28-5/h10-11,14,17,19H,6-9,12-13,15-16H2,1-5H3,(H2,23,24,25). The highest BCUT2D eigenvalue weighted by molar-refractivity contribution is 5.79. The number of rotatable bonds is 13. The Morgan fingerprint density at radius 1 is 1.17 bits per heavy atom.